The molecule has 0 fully saturated rings. The molecule has 0 spiro atoms. The molecule has 2 aromatic carbocycles. The number of benzene rings is 2. The van der Waals surface area contributed by atoms with Crippen LogP contribution in [0.3, 0.4) is 0 Å². The predicted octanol–water partition coefficient (Wildman–Crippen LogP) is 4.30. The van der Waals surface area contributed by atoms with Gasteiger partial charge in [0.05, 0.1) is 12.2 Å². The number of carbonyl (C=O) groups is 1. The summed E-state index contributed by atoms with van der Waals surface area (Å²) in [7, 11) is 1.77. The van der Waals surface area contributed by atoms with E-state index in [1.165, 1.54) is 17.8 Å². The number of nitrogens with one attached hydrogen (secondary N) is 1. The lowest BCUT2D eigenvalue weighted by molar-refractivity contribution is -0.116. The van der Waals surface area contributed by atoms with E-state index in [2.05, 4.69) is 10.3 Å². The van der Waals surface area contributed by atoms with Crippen LogP contribution in [0.2, 0.25) is 5.02 Å². The van der Waals surface area contributed by atoms with Gasteiger partial charge >= 0.3 is 0 Å². The van der Waals surface area contributed by atoms with Crippen molar-refractivity contribution in [2.24, 2.45) is 7.05 Å². The first-order valence-corrected chi connectivity index (χ1v) is 11.5. The molecule has 0 radical (unpaired) electrons. The maximum Gasteiger partial charge on any atom is 0.279 e. The number of anilines is 1. The summed E-state index contributed by atoms with van der Waals surface area (Å²) in [5, 5.41) is 14.0. The van der Waals surface area contributed by atoms with Gasteiger partial charge in [-0.05, 0) is 36.2 Å². The molecule has 7 nitrogen and oxygen atoms in total. The second kappa shape index (κ2) is 9.26. The Morgan fingerprint density at radius 2 is 2.06 bits per heavy atom. The summed E-state index contributed by atoms with van der Waals surface area (Å²) in [5.74, 6) is 0.594. The van der Waals surface area contributed by atoms with Gasteiger partial charge in [-0.25, -0.2) is 0 Å². The van der Waals surface area contributed by atoms with Gasteiger partial charge in [0.1, 0.15) is 5.82 Å². The summed E-state index contributed by atoms with van der Waals surface area (Å²) in [5.41, 5.74) is 1.66. The molecule has 2 heterocycles. The zero-order valence-corrected chi connectivity index (χ0v) is 19.2. The molecule has 32 heavy (non-hydrogen) atoms. The lowest BCUT2D eigenvalue weighted by Gasteiger charge is -2.27. The molecule has 1 aliphatic rings. The van der Waals surface area contributed by atoms with Crippen molar-refractivity contribution in [3.63, 3.8) is 0 Å². The Kier molecular flexibility index (Phi) is 6.43. The van der Waals surface area contributed by atoms with Crippen LogP contribution in [-0.4, -0.2) is 27.2 Å². The van der Waals surface area contributed by atoms with Gasteiger partial charge in [0.2, 0.25) is 5.91 Å². The third-order valence-electron chi connectivity index (χ3n) is 5.30. The molecular formula is C23H22ClN3O4S. The minimum Gasteiger partial charge on any atom is -0.504 e. The van der Waals surface area contributed by atoms with Crippen LogP contribution in [-0.2, 0) is 17.6 Å². The highest BCUT2D eigenvalue weighted by molar-refractivity contribution is 7.98. The lowest BCUT2D eigenvalue weighted by Crippen LogP contribution is -2.33. The number of hydrogen-bond acceptors (Lipinski definition) is 6. The van der Waals surface area contributed by atoms with Gasteiger partial charge in [0.25, 0.3) is 5.56 Å². The number of phenols is 1. The molecule has 3 aromatic rings. The molecule has 0 aliphatic carbocycles. The molecule has 1 aromatic heterocycles. The van der Waals surface area contributed by atoms with Crippen molar-refractivity contribution >= 4 is 35.1 Å². The van der Waals surface area contributed by atoms with Crippen molar-refractivity contribution in [3.8, 4) is 11.5 Å². The SMILES string of the molecule is CCOc1cc(C2CC(=O)Nc3c2c(=O)nc(SCc2ccccc2Cl)n3C)ccc1O. The van der Waals surface area contributed by atoms with Crippen LogP contribution in [0.5, 0.6) is 11.5 Å². The molecule has 0 bridgehead atoms. The van der Waals surface area contributed by atoms with Crippen LogP contribution in [0.15, 0.2) is 52.4 Å². The number of hydrogen-bond donors (Lipinski definition) is 2. The number of fused-ring (bicyclic) bond motifs is 1. The van der Waals surface area contributed by atoms with Crippen molar-refractivity contribution < 1.29 is 14.6 Å². The highest BCUT2D eigenvalue weighted by Gasteiger charge is 2.32. The number of aromatic nitrogens is 2. The number of phenolic OH excluding ortho intramolecular Hbond substituents is 1. The van der Waals surface area contributed by atoms with E-state index >= 15 is 0 Å². The number of nitrogens with zero attached hydrogens (tertiary/aromatic N) is 2. The summed E-state index contributed by atoms with van der Waals surface area (Å²) >= 11 is 7.62. The van der Waals surface area contributed by atoms with Crippen LogP contribution in [0.4, 0.5) is 5.82 Å². The van der Waals surface area contributed by atoms with E-state index < -0.39 is 11.5 Å². The van der Waals surface area contributed by atoms with Gasteiger partial charge in [0.15, 0.2) is 16.7 Å². The third kappa shape index (κ3) is 4.33. The summed E-state index contributed by atoms with van der Waals surface area (Å²) in [4.78, 5) is 29.9. The lowest BCUT2D eigenvalue weighted by atomic mass is 9.86. The molecule has 0 saturated heterocycles. The van der Waals surface area contributed by atoms with Crippen molar-refractivity contribution in [2.75, 3.05) is 11.9 Å². The van der Waals surface area contributed by atoms with Gasteiger partial charge in [0, 0.05) is 30.2 Å². The molecule has 4 rings (SSSR count). The fourth-order valence-corrected chi connectivity index (χ4v) is 4.98. The number of halogens is 1. The minimum absolute atomic E-state index is 0.00781. The van der Waals surface area contributed by atoms with Gasteiger partial charge in [-0.1, -0.05) is 47.6 Å². The first kappa shape index (κ1) is 22.2. The normalized spacial score (nSPS) is 15.2. The largest absolute Gasteiger partial charge is 0.504 e. The zero-order valence-electron chi connectivity index (χ0n) is 17.6. The van der Waals surface area contributed by atoms with E-state index in [-0.39, 0.29) is 18.1 Å². The average Bonchev–Trinajstić information content (AvgIpc) is 2.77. The van der Waals surface area contributed by atoms with Crippen LogP contribution in [0.25, 0.3) is 0 Å². The van der Waals surface area contributed by atoms with Gasteiger partial charge in [-0.15, -0.1) is 0 Å². The van der Waals surface area contributed by atoms with Crippen LogP contribution in [0.1, 0.15) is 36.0 Å². The first-order valence-electron chi connectivity index (χ1n) is 10.1. The Morgan fingerprint density at radius 3 is 2.81 bits per heavy atom. The fourth-order valence-electron chi connectivity index (χ4n) is 3.73. The standard InChI is InChI=1S/C23H22ClN3O4S/c1-3-31-18-10-13(8-9-17(18)28)15-11-19(29)25-21-20(15)22(30)26-23(27(21)2)32-12-14-6-4-5-7-16(14)24/h4-10,15,28H,3,11-12H2,1-2H3,(H,25,29). The van der Waals surface area contributed by atoms with Crippen molar-refractivity contribution in [2.45, 2.75) is 30.2 Å². The van der Waals surface area contributed by atoms with E-state index in [0.29, 0.717) is 45.2 Å². The summed E-state index contributed by atoms with van der Waals surface area (Å²) in [6.07, 6.45) is 0.104. The maximum absolute atomic E-state index is 13.1. The summed E-state index contributed by atoms with van der Waals surface area (Å²) in [6, 6.07) is 12.4. The Balaban J connectivity index is 1.72. The smallest absolute Gasteiger partial charge is 0.279 e. The third-order valence-corrected chi connectivity index (χ3v) is 6.75. The monoisotopic (exact) mass is 471 g/mol. The molecule has 1 unspecified atom stereocenters. The zero-order chi connectivity index (χ0) is 22.8. The Morgan fingerprint density at radius 1 is 1.28 bits per heavy atom. The highest BCUT2D eigenvalue weighted by Crippen LogP contribution is 2.39. The summed E-state index contributed by atoms with van der Waals surface area (Å²) in [6.45, 7) is 2.20. The summed E-state index contributed by atoms with van der Waals surface area (Å²) < 4.78 is 7.20. The molecule has 9 heteroatoms. The Bertz CT molecular complexity index is 1240. The number of amides is 1. The second-order valence-corrected chi connectivity index (χ2v) is 8.72. The van der Waals surface area contributed by atoms with Crippen molar-refractivity contribution in [3.05, 3.63) is 74.5 Å². The Labute approximate surface area is 194 Å². The maximum atomic E-state index is 13.1. The minimum atomic E-state index is -0.493. The van der Waals surface area contributed by atoms with E-state index in [0.717, 1.165) is 5.56 Å². The van der Waals surface area contributed by atoms with Gasteiger partial charge in [-0.3, -0.25) is 9.59 Å². The van der Waals surface area contributed by atoms with Crippen LogP contribution >= 0.6 is 23.4 Å². The second-order valence-electron chi connectivity index (χ2n) is 7.37. The number of carbonyl (C=O) groups excluding carboxylic acids is 1. The number of thioether (sulfide) groups is 1. The van der Waals surface area contributed by atoms with Crippen molar-refractivity contribution in [1.82, 2.24) is 9.55 Å². The number of rotatable bonds is 6. The Hall–Kier alpha value is -2.97. The van der Waals surface area contributed by atoms with Crippen LogP contribution < -0.4 is 15.6 Å². The molecular weight excluding hydrogens is 450 g/mol. The molecule has 1 atom stereocenters. The fraction of sp³-hybridized carbons (Fsp3) is 0.261. The van der Waals surface area contributed by atoms with Gasteiger partial charge < -0.3 is 19.7 Å². The molecule has 1 amide bonds. The highest BCUT2D eigenvalue weighted by atomic mass is 35.5. The van der Waals surface area contributed by atoms with E-state index in [4.69, 9.17) is 16.3 Å². The molecule has 0 saturated carbocycles. The van der Waals surface area contributed by atoms with E-state index in [1.54, 1.807) is 23.7 Å². The quantitative estimate of drug-likeness (QED) is 0.411. The molecule has 166 valence electrons. The topological polar surface area (TPSA) is 93.5 Å². The van der Waals surface area contributed by atoms with E-state index in [1.807, 2.05) is 31.2 Å². The molecule has 2 N–H and O–H groups in total. The first-order chi connectivity index (χ1) is 15.4. The number of aromatic hydroxyl groups is 1. The van der Waals surface area contributed by atoms with Crippen LogP contribution in [0, 0.1) is 0 Å². The van der Waals surface area contributed by atoms with E-state index in [9.17, 15) is 14.7 Å². The number of ether oxygens (including phenoxy) is 1. The average molecular weight is 472 g/mol. The predicted molar refractivity (Wildman–Crippen MR) is 125 cm³/mol. The van der Waals surface area contributed by atoms with Gasteiger partial charge in [-0.2, -0.15) is 4.98 Å². The molecule has 1 aliphatic heterocycles. The van der Waals surface area contributed by atoms with Crippen molar-refractivity contribution in [1.29, 1.82) is 0 Å².